The third kappa shape index (κ3) is 5.95. The van der Waals surface area contributed by atoms with E-state index in [1.807, 2.05) is 25.1 Å². The first-order valence-electron chi connectivity index (χ1n) is 10.0. The van der Waals surface area contributed by atoms with E-state index in [-0.39, 0.29) is 12.3 Å². The van der Waals surface area contributed by atoms with E-state index in [1.54, 1.807) is 18.1 Å². The number of likely N-dealkylation sites (tertiary alicyclic amines) is 1. The molecule has 1 aliphatic rings. The van der Waals surface area contributed by atoms with Gasteiger partial charge in [0.1, 0.15) is 5.75 Å². The Labute approximate surface area is 176 Å². The number of rotatable bonds is 8. The number of hydrazine groups is 1. The molecule has 2 atom stereocenters. The van der Waals surface area contributed by atoms with Gasteiger partial charge in [-0.1, -0.05) is 31.5 Å². The number of methoxy groups -OCH3 is 1. The molecule has 1 fully saturated rings. The number of amides is 3. The number of piperidine rings is 1. The number of ether oxygens (including phenoxy) is 2. The fourth-order valence-electron chi connectivity index (χ4n) is 3.52. The molecule has 9 nitrogen and oxygen atoms in total. The summed E-state index contributed by atoms with van der Waals surface area (Å²) >= 11 is 0. The lowest BCUT2D eigenvalue weighted by Crippen LogP contribution is -2.47. The zero-order chi connectivity index (χ0) is 22.1. The molecule has 0 radical (unpaired) electrons. The van der Waals surface area contributed by atoms with Crippen LogP contribution in [-0.4, -0.2) is 48.9 Å². The first kappa shape index (κ1) is 23.2. The van der Waals surface area contributed by atoms with E-state index >= 15 is 0 Å². The Hall–Kier alpha value is -3.10. The predicted molar refractivity (Wildman–Crippen MR) is 108 cm³/mol. The molecule has 1 aromatic rings. The van der Waals surface area contributed by atoms with Gasteiger partial charge < -0.3 is 14.4 Å². The van der Waals surface area contributed by atoms with Gasteiger partial charge in [0.15, 0.2) is 6.61 Å². The van der Waals surface area contributed by atoms with Gasteiger partial charge >= 0.3 is 5.97 Å². The van der Waals surface area contributed by atoms with Crippen molar-refractivity contribution in [3.05, 3.63) is 29.8 Å². The van der Waals surface area contributed by atoms with Gasteiger partial charge in [-0.05, 0) is 18.9 Å². The summed E-state index contributed by atoms with van der Waals surface area (Å²) in [7, 11) is 1.54. The fraction of sp³-hybridized carbons (Fsp3) is 0.524. The van der Waals surface area contributed by atoms with Crippen LogP contribution in [0.5, 0.6) is 5.75 Å². The summed E-state index contributed by atoms with van der Waals surface area (Å²) in [5, 5.41) is 0. The Kier molecular flexibility index (Phi) is 8.64. The van der Waals surface area contributed by atoms with Crippen molar-refractivity contribution in [2.45, 2.75) is 45.6 Å². The maximum atomic E-state index is 12.9. The Morgan fingerprint density at radius 1 is 1.20 bits per heavy atom. The van der Waals surface area contributed by atoms with Crippen molar-refractivity contribution >= 4 is 23.7 Å². The van der Waals surface area contributed by atoms with Crippen LogP contribution in [0.25, 0.3) is 0 Å². The molecule has 0 spiro atoms. The number of carbonyl (C=O) groups is 4. The first-order valence-corrected chi connectivity index (χ1v) is 10.0. The minimum atomic E-state index is -0.651. The van der Waals surface area contributed by atoms with Crippen molar-refractivity contribution in [1.29, 1.82) is 0 Å². The number of hydrogen-bond donors (Lipinski definition) is 2. The van der Waals surface area contributed by atoms with Crippen LogP contribution in [0.1, 0.15) is 51.1 Å². The maximum absolute atomic E-state index is 12.9. The zero-order valence-corrected chi connectivity index (χ0v) is 17.6. The molecule has 1 heterocycles. The molecular weight excluding hydrogens is 390 g/mol. The second-order valence-corrected chi connectivity index (χ2v) is 7.11. The fourth-order valence-corrected chi connectivity index (χ4v) is 3.52. The molecule has 2 rings (SSSR count). The van der Waals surface area contributed by atoms with Crippen LogP contribution in [0.4, 0.5) is 0 Å². The highest BCUT2D eigenvalue weighted by Crippen LogP contribution is 2.41. The van der Waals surface area contributed by atoms with E-state index in [2.05, 4.69) is 10.9 Å². The van der Waals surface area contributed by atoms with Gasteiger partial charge in [0.2, 0.25) is 11.8 Å². The van der Waals surface area contributed by atoms with Crippen molar-refractivity contribution in [2.75, 3.05) is 20.3 Å². The molecule has 1 saturated heterocycles. The molecule has 1 aliphatic heterocycles. The number of unbranched alkanes of at least 4 members (excludes halogenated alkanes) is 1. The molecule has 0 aromatic heterocycles. The quantitative estimate of drug-likeness (QED) is 0.487. The summed E-state index contributed by atoms with van der Waals surface area (Å²) in [6, 6.07) is 6.74. The van der Waals surface area contributed by atoms with Crippen LogP contribution in [-0.2, 0) is 23.9 Å². The number of esters is 1. The third-order valence-electron chi connectivity index (χ3n) is 4.94. The molecule has 0 aliphatic carbocycles. The summed E-state index contributed by atoms with van der Waals surface area (Å²) in [6.45, 7) is 3.27. The van der Waals surface area contributed by atoms with Crippen molar-refractivity contribution in [2.24, 2.45) is 5.92 Å². The highest BCUT2D eigenvalue weighted by atomic mass is 16.5. The molecule has 9 heteroatoms. The first-order chi connectivity index (χ1) is 14.4. The predicted octanol–water partition coefficient (Wildman–Crippen LogP) is 1.49. The normalized spacial score (nSPS) is 18.5. The minimum absolute atomic E-state index is 0.0215. The van der Waals surface area contributed by atoms with Gasteiger partial charge in [-0.25, -0.2) is 0 Å². The molecule has 0 bridgehead atoms. The topological polar surface area (TPSA) is 114 Å². The van der Waals surface area contributed by atoms with E-state index in [0.29, 0.717) is 18.7 Å². The van der Waals surface area contributed by atoms with Gasteiger partial charge in [-0.15, -0.1) is 0 Å². The van der Waals surface area contributed by atoms with Gasteiger partial charge in [-0.3, -0.25) is 30.0 Å². The number of hydrogen-bond acceptors (Lipinski definition) is 6. The summed E-state index contributed by atoms with van der Waals surface area (Å²) in [6.07, 6.45) is 2.25. The highest BCUT2D eigenvalue weighted by molar-refractivity contribution is 5.85. The number of carbonyl (C=O) groups excluding carboxylic acids is 4. The Balaban J connectivity index is 2.24. The van der Waals surface area contributed by atoms with Crippen molar-refractivity contribution in [1.82, 2.24) is 15.8 Å². The molecule has 0 saturated carbocycles. The number of para-hydroxylation sites is 1. The number of benzene rings is 1. The maximum Gasteiger partial charge on any atom is 0.311 e. The van der Waals surface area contributed by atoms with Crippen molar-refractivity contribution in [3.63, 3.8) is 0 Å². The van der Waals surface area contributed by atoms with Gasteiger partial charge in [0.25, 0.3) is 5.91 Å². The Morgan fingerprint density at radius 2 is 1.93 bits per heavy atom. The number of nitrogens with zero attached hydrogens (tertiary/aromatic N) is 1. The third-order valence-corrected chi connectivity index (χ3v) is 4.94. The SMILES string of the molecule is CCCCN1C(=O)CC[C@@H](C(=O)OCC(=O)NNC(C)=O)[C@H]1c1ccccc1OC. The number of nitrogens with one attached hydrogen (secondary N) is 2. The second kappa shape index (κ2) is 11.2. The van der Waals surface area contributed by atoms with E-state index in [0.717, 1.165) is 18.4 Å². The smallest absolute Gasteiger partial charge is 0.311 e. The Morgan fingerprint density at radius 3 is 2.60 bits per heavy atom. The average molecular weight is 419 g/mol. The van der Waals surface area contributed by atoms with Gasteiger partial charge in [-0.2, -0.15) is 0 Å². The Bertz CT molecular complexity index is 782. The largest absolute Gasteiger partial charge is 0.496 e. The van der Waals surface area contributed by atoms with Crippen LogP contribution in [0, 0.1) is 5.92 Å². The lowest BCUT2D eigenvalue weighted by molar-refractivity contribution is -0.160. The molecule has 3 amide bonds. The van der Waals surface area contributed by atoms with Crippen LogP contribution in [0.3, 0.4) is 0 Å². The standard InChI is InChI=1S/C21H29N3O6/c1-4-5-12-24-19(27)11-10-16(20(24)15-8-6-7-9-17(15)29-3)21(28)30-13-18(26)23-22-14(2)25/h6-9,16,20H,4-5,10-13H2,1-3H3,(H,22,25)(H,23,26)/t16-,20-/m1/s1. The van der Waals surface area contributed by atoms with E-state index in [9.17, 15) is 19.2 Å². The molecule has 1 aromatic carbocycles. The van der Waals surface area contributed by atoms with Gasteiger partial charge in [0, 0.05) is 25.5 Å². The van der Waals surface area contributed by atoms with E-state index in [4.69, 9.17) is 9.47 Å². The van der Waals surface area contributed by atoms with Crippen molar-refractivity contribution < 1.29 is 28.7 Å². The second-order valence-electron chi connectivity index (χ2n) is 7.11. The average Bonchev–Trinajstić information content (AvgIpc) is 2.74. The monoisotopic (exact) mass is 419 g/mol. The minimum Gasteiger partial charge on any atom is -0.496 e. The lowest BCUT2D eigenvalue weighted by Gasteiger charge is -2.40. The van der Waals surface area contributed by atoms with E-state index < -0.39 is 36.4 Å². The molecule has 164 valence electrons. The highest BCUT2D eigenvalue weighted by Gasteiger charge is 2.42. The molecular formula is C21H29N3O6. The zero-order valence-electron chi connectivity index (χ0n) is 17.6. The molecule has 0 unspecified atom stereocenters. The molecule has 30 heavy (non-hydrogen) atoms. The van der Waals surface area contributed by atoms with E-state index in [1.165, 1.54) is 6.92 Å². The van der Waals surface area contributed by atoms with Crippen LogP contribution < -0.4 is 15.6 Å². The summed E-state index contributed by atoms with van der Waals surface area (Å²) in [5.74, 6) is -1.74. The summed E-state index contributed by atoms with van der Waals surface area (Å²) in [5.41, 5.74) is 5.01. The van der Waals surface area contributed by atoms with Crippen molar-refractivity contribution in [3.8, 4) is 5.75 Å². The lowest BCUT2D eigenvalue weighted by atomic mass is 9.83. The summed E-state index contributed by atoms with van der Waals surface area (Å²) < 4.78 is 10.7. The van der Waals surface area contributed by atoms with Crippen LogP contribution in [0.15, 0.2) is 24.3 Å². The van der Waals surface area contributed by atoms with Crippen LogP contribution in [0.2, 0.25) is 0 Å². The van der Waals surface area contributed by atoms with Gasteiger partial charge in [0.05, 0.1) is 19.1 Å². The molecule has 2 N–H and O–H groups in total. The summed E-state index contributed by atoms with van der Waals surface area (Å²) in [4.78, 5) is 49.9. The van der Waals surface area contributed by atoms with Crippen LogP contribution >= 0.6 is 0 Å².